The first-order valence-corrected chi connectivity index (χ1v) is 7.54. The number of nitrogens with zero attached hydrogens (tertiary/aromatic N) is 2. The molecule has 1 aromatic heterocycles. The zero-order chi connectivity index (χ0) is 14.9. The van der Waals surface area contributed by atoms with E-state index in [0.29, 0.717) is 23.3 Å². The lowest BCUT2D eigenvalue weighted by molar-refractivity contribution is -0.383. The van der Waals surface area contributed by atoms with E-state index in [1.54, 1.807) is 24.4 Å². The Balaban J connectivity index is 1.93. The van der Waals surface area contributed by atoms with Crippen LogP contribution in [0.5, 0.6) is 5.75 Å². The Hall–Kier alpha value is -1.82. The highest BCUT2D eigenvalue weighted by molar-refractivity contribution is 7.80. The van der Waals surface area contributed by atoms with Gasteiger partial charge in [-0.3, -0.25) is 15.1 Å². The fourth-order valence-electron chi connectivity index (χ4n) is 2.66. The Morgan fingerprint density at radius 2 is 2.19 bits per heavy atom. The van der Waals surface area contributed by atoms with Crippen LogP contribution in [0, 0.1) is 15.5 Å². The lowest BCUT2D eigenvalue weighted by Crippen LogP contribution is -2.37. The van der Waals surface area contributed by atoms with E-state index in [1.807, 2.05) is 0 Å². The largest absolute Gasteiger partial charge is 0.491 e. The molecule has 6 heteroatoms. The molecule has 0 saturated heterocycles. The van der Waals surface area contributed by atoms with Gasteiger partial charge in [-0.25, -0.2) is 0 Å². The predicted molar refractivity (Wildman–Crippen MR) is 84.0 cm³/mol. The van der Waals surface area contributed by atoms with E-state index in [-0.39, 0.29) is 11.1 Å². The molecule has 1 heterocycles. The van der Waals surface area contributed by atoms with Crippen molar-refractivity contribution in [3.05, 3.63) is 40.6 Å². The molecule has 2 aromatic rings. The molecular formula is C15H16N2O3S. The number of thiol groups is 1. The summed E-state index contributed by atoms with van der Waals surface area (Å²) in [4.78, 5) is 14.9. The first-order valence-electron chi connectivity index (χ1n) is 6.91. The first kappa shape index (κ1) is 14.1. The average Bonchev–Trinajstić information content (AvgIpc) is 2.46. The molecule has 1 aliphatic carbocycles. The molecule has 1 aromatic carbocycles. The van der Waals surface area contributed by atoms with Crippen molar-refractivity contribution in [2.45, 2.75) is 19.3 Å². The van der Waals surface area contributed by atoms with Crippen LogP contribution in [0.25, 0.3) is 10.9 Å². The molecule has 3 rings (SSSR count). The summed E-state index contributed by atoms with van der Waals surface area (Å²) in [6.45, 7) is 0.583. The molecule has 5 nitrogen and oxygen atoms in total. The highest BCUT2D eigenvalue weighted by Gasteiger charge is 2.36. The first-order chi connectivity index (χ1) is 10.2. The van der Waals surface area contributed by atoms with Crippen LogP contribution in [-0.4, -0.2) is 22.3 Å². The van der Waals surface area contributed by atoms with Crippen molar-refractivity contribution in [2.75, 3.05) is 12.4 Å². The Bertz CT molecular complexity index is 680. The van der Waals surface area contributed by atoms with Gasteiger partial charge in [0.15, 0.2) is 0 Å². The van der Waals surface area contributed by atoms with Gasteiger partial charge in [0, 0.05) is 17.7 Å². The van der Waals surface area contributed by atoms with E-state index in [1.165, 1.54) is 12.5 Å². The molecular weight excluding hydrogens is 288 g/mol. The monoisotopic (exact) mass is 304 g/mol. The van der Waals surface area contributed by atoms with Gasteiger partial charge in [-0.2, -0.15) is 12.6 Å². The summed E-state index contributed by atoms with van der Waals surface area (Å²) >= 11 is 4.41. The van der Waals surface area contributed by atoms with Gasteiger partial charge in [0.2, 0.25) is 0 Å². The van der Waals surface area contributed by atoms with Crippen molar-refractivity contribution in [3.63, 3.8) is 0 Å². The molecule has 0 amide bonds. The quantitative estimate of drug-likeness (QED) is 0.520. The second kappa shape index (κ2) is 5.52. The number of aromatic nitrogens is 1. The predicted octanol–water partition coefficient (Wildman–Crippen LogP) is 3.62. The van der Waals surface area contributed by atoms with Gasteiger partial charge in [-0.05, 0) is 36.8 Å². The van der Waals surface area contributed by atoms with Gasteiger partial charge < -0.3 is 4.74 Å². The maximum atomic E-state index is 11.1. The Morgan fingerprint density at radius 1 is 1.38 bits per heavy atom. The van der Waals surface area contributed by atoms with E-state index in [2.05, 4.69) is 17.6 Å². The van der Waals surface area contributed by atoms with Crippen LogP contribution >= 0.6 is 12.6 Å². The van der Waals surface area contributed by atoms with Crippen molar-refractivity contribution in [3.8, 4) is 5.75 Å². The summed E-state index contributed by atoms with van der Waals surface area (Å²) in [5.41, 5.74) is 0.741. The van der Waals surface area contributed by atoms with E-state index < -0.39 is 4.92 Å². The smallest absolute Gasteiger partial charge is 0.279 e. The Labute approximate surface area is 127 Å². The van der Waals surface area contributed by atoms with Crippen molar-refractivity contribution < 1.29 is 9.66 Å². The van der Waals surface area contributed by atoms with E-state index in [9.17, 15) is 10.1 Å². The summed E-state index contributed by atoms with van der Waals surface area (Å²) in [5.74, 6) is 1.40. The van der Waals surface area contributed by atoms with Crippen molar-refractivity contribution in [1.82, 2.24) is 4.98 Å². The molecule has 1 aliphatic rings. The molecule has 0 N–H and O–H groups in total. The average molecular weight is 304 g/mol. The summed E-state index contributed by atoms with van der Waals surface area (Å²) in [6.07, 6.45) is 5.07. The van der Waals surface area contributed by atoms with Gasteiger partial charge in [-0.15, -0.1) is 0 Å². The molecule has 0 spiro atoms. The third-order valence-electron chi connectivity index (χ3n) is 4.19. The fraction of sp³-hybridized carbons (Fsp3) is 0.400. The Morgan fingerprint density at radius 3 is 2.81 bits per heavy atom. The number of nitro benzene ring substituents is 1. The summed E-state index contributed by atoms with van der Waals surface area (Å²) in [6, 6.07) is 6.51. The lowest BCUT2D eigenvalue weighted by atomic mass is 9.71. The van der Waals surface area contributed by atoms with Crippen LogP contribution in [0.3, 0.4) is 0 Å². The van der Waals surface area contributed by atoms with Gasteiger partial charge >= 0.3 is 0 Å². The number of hydrogen-bond donors (Lipinski definition) is 1. The molecule has 0 bridgehead atoms. The maximum absolute atomic E-state index is 11.1. The van der Waals surface area contributed by atoms with Crippen molar-refractivity contribution >= 4 is 29.2 Å². The molecule has 1 fully saturated rings. The highest BCUT2D eigenvalue weighted by Crippen LogP contribution is 2.42. The topological polar surface area (TPSA) is 65.3 Å². The highest BCUT2D eigenvalue weighted by atomic mass is 32.1. The van der Waals surface area contributed by atoms with Crippen LogP contribution in [0.4, 0.5) is 5.69 Å². The third kappa shape index (κ3) is 2.55. The maximum Gasteiger partial charge on any atom is 0.279 e. The summed E-state index contributed by atoms with van der Waals surface area (Å²) < 4.78 is 5.92. The third-order valence-corrected chi connectivity index (χ3v) is 4.86. The number of non-ortho nitro benzene ring substituents is 1. The Kier molecular flexibility index (Phi) is 3.71. The molecule has 110 valence electrons. The van der Waals surface area contributed by atoms with Crippen LogP contribution in [0.15, 0.2) is 30.5 Å². The van der Waals surface area contributed by atoms with E-state index in [4.69, 9.17) is 4.74 Å². The van der Waals surface area contributed by atoms with E-state index >= 15 is 0 Å². The van der Waals surface area contributed by atoms with Gasteiger partial charge in [0.25, 0.3) is 5.69 Å². The number of fused-ring (bicyclic) bond motifs is 1. The number of rotatable bonds is 5. The number of benzene rings is 1. The van der Waals surface area contributed by atoms with Gasteiger partial charge in [0.05, 0.1) is 16.9 Å². The molecule has 0 unspecified atom stereocenters. The SMILES string of the molecule is O=[N+]([O-])c1ccc(OCC2(CS)CCC2)c2ncccc12. The fourth-order valence-corrected chi connectivity index (χ4v) is 3.07. The van der Waals surface area contributed by atoms with Gasteiger partial charge in [-0.1, -0.05) is 6.42 Å². The van der Waals surface area contributed by atoms with Crippen LogP contribution < -0.4 is 4.74 Å². The van der Waals surface area contributed by atoms with Crippen LogP contribution in [0.1, 0.15) is 19.3 Å². The minimum absolute atomic E-state index is 0.0537. The number of pyridine rings is 1. The standard InChI is InChI=1S/C15H16N2O3S/c18-17(19)12-4-5-13(14-11(12)3-1-8-16-14)20-9-15(10-21)6-2-7-15/h1,3-5,8,21H,2,6-7,9-10H2. The van der Waals surface area contributed by atoms with Gasteiger partial charge in [0.1, 0.15) is 11.3 Å². The van der Waals surface area contributed by atoms with Crippen LogP contribution in [-0.2, 0) is 0 Å². The minimum Gasteiger partial charge on any atom is -0.491 e. The number of nitro groups is 1. The summed E-state index contributed by atoms with van der Waals surface area (Å²) in [5, 5.41) is 11.6. The van der Waals surface area contributed by atoms with Crippen LogP contribution in [0.2, 0.25) is 0 Å². The minimum atomic E-state index is -0.394. The molecule has 0 aliphatic heterocycles. The lowest BCUT2D eigenvalue weighted by Gasteiger charge is -2.40. The molecule has 1 saturated carbocycles. The molecule has 0 radical (unpaired) electrons. The van der Waals surface area contributed by atoms with Crippen molar-refractivity contribution in [2.24, 2.45) is 5.41 Å². The van der Waals surface area contributed by atoms with Crippen molar-refractivity contribution in [1.29, 1.82) is 0 Å². The molecule has 21 heavy (non-hydrogen) atoms. The second-order valence-corrected chi connectivity index (χ2v) is 5.86. The zero-order valence-electron chi connectivity index (χ0n) is 11.5. The number of hydrogen-bond acceptors (Lipinski definition) is 5. The normalized spacial score (nSPS) is 16.4. The molecule has 0 atom stereocenters. The number of ether oxygens (including phenoxy) is 1. The zero-order valence-corrected chi connectivity index (χ0v) is 12.4. The summed E-state index contributed by atoms with van der Waals surface area (Å²) in [7, 11) is 0. The van der Waals surface area contributed by atoms with E-state index in [0.717, 1.165) is 18.6 Å². The second-order valence-electron chi connectivity index (χ2n) is 5.54.